The summed E-state index contributed by atoms with van der Waals surface area (Å²) in [6.07, 6.45) is -3.64. The van der Waals surface area contributed by atoms with Gasteiger partial charge >= 0.3 is 6.18 Å². The molecule has 0 radical (unpaired) electrons. The summed E-state index contributed by atoms with van der Waals surface area (Å²) in [5.41, 5.74) is 1.31. The first-order valence-corrected chi connectivity index (χ1v) is 11.2. The summed E-state index contributed by atoms with van der Waals surface area (Å²) in [7, 11) is 3.48. The molecule has 0 saturated carbocycles. The third-order valence-corrected chi connectivity index (χ3v) is 6.68. The zero-order chi connectivity index (χ0) is 24.9. The van der Waals surface area contributed by atoms with E-state index in [9.17, 15) is 18.0 Å². The molecule has 0 N–H and O–H groups in total. The quantitative estimate of drug-likeness (QED) is 0.386. The lowest BCUT2D eigenvalue weighted by atomic mass is 9.88. The molecule has 2 aliphatic rings. The van der Waals surface area contributed by atoms with Crippen LogP contribution < -0.4 is 14.2 Å². The van der Waals surface area contributed by atoms with Crippen molar-refractivity contribution in [3.05, 3.63) is 63.9 Å². The number of furan rings is 1. The molecule has 10 heteroatoms. The van der Waals surface area contributed by atoms with Crippen LogP contribution in [-0.4, -0.2) is 38.2 Å². The van der Waals surface area contributed by atoms with Crippen molar-refractivity contribution >= 4 is 17.4 Å². The minimum absolute atomic E-state index is 0.0937. The Bertz CT molecular complexity index is 1300. The summed E-state index contributed by atoms with van der Waals surface area (Å²) in [4.78, 5) is 15.3. The predicted octanol–water partition coefficient (Wildman–Crippen LogP) is 6.16. The minimum atomic E-state index is -4.51. The monoisotopic (exact) mass is 507 g/mol. The summed E-state index contributed by atoms with van der Waals surface area (Å²) in [5, 5.41) is -0.116. The topological polar surface area (TPSA) is 61.1 Å². The van der Waals surface area contributed by atoms with Gasteiger partial charge in [0, 0.05) is 30.1 Å². The Morgan fingerprint density at radius 2 is 2.00 bits per heavy atom. The molecule has 5 rings (SSSR count). The number of alkyl halides is 3. The Hall–Kier alpha value is -3.17. The molecule has 6 nitrogen and oxygen atoms in total. The van der Waals surface area contributed by atoms with Gasteiger partial charge in [0.15, 0.2) is 23.0 Å². The number of rotatable bonds is 5. The van der Waals surface area contributed by atoms with Crippen molar-refractivity contribution in [3.63, 3.8) is 0 Å². The van der Waals surface area contributed by atoms with Crippen LogP contribution in [0.2, 0.25) is 5.02 Å². The molecule has 0 saturated heterocycles. The van der Waals surface area contributed by atoms with Crippen LogP contribution >= 0.6 is 11.6 Å². The number of fused-ring (bicyclic) bond motifs is 2. The van der Waals surface area contributed by atoms with Crippen molar-refractivity contribution in [3.8, 4) is 28.6 Å². The molecule has 184 valence electrons. The Morgan fingerprint density at radius 3 is 2.71 bits per heavy atom. The molecule has 2 aromatic carbocycles. The highest BCUT2D eigenvalue weighted by atomic mass is 35.5. The van der Waals surface area contributed by atoms with E-state index in [0.717, 1.165) is 36.2 Å². The summed E-state index contributed by atoms with van der Waals surface area (Å²) in [5.74, 6) is 1.75. The standard InChI is InChI=1S/C25H21ClF3NO5/c1-30-8-7-13-9-21-23(34-12-33-21)24(32-2)22(13)17(30)11-18(31)20-6-5-19(35-20)15-4-3-14(10-16(15)26)25(27,28)29/h3-6,9-10,17H,7-8,11-12H2,1-2H3. The van der Waals surface area contributed by atoms with Crippen molar-refractivity contribution in [1.29, 1.82) is 0 Å². The largest absolute Gasteiger partial charge is 0.492 e. The fourth-order valence-corrected chi connectivity index (χ4v) is 4.86. The van der Waals surface area contributed by atoms with Gasteiger partial charge in [-0.2, -0.15) is 13.2 Å². The van der Waals surface area contributed by atoms with Gasteiger partial charge in [0.25, 0.3) is 0 Å². The third-order valence-electron chi connectivity index (χ3n) is 6.37. The minimum Gasteiger partial charge on any atom is -0.492 e. The van der Waals surface area contributed by atoms with Crippen molar-refractivity contribution in [2.45, 2.75) is 25.1 Å². The molecular formula is C25H21ClF3NO5. The van der Waals surface area contributed by atoms with Gasteiger partial charge in [-0.15, -0.1) is 0 Å². The highest BCUT2D eigenvalue weighted by molar-refractivity contribution is 6.33. The van der Waals surface area contributed by atoms with Crippen molar-refractivity contribution < 1.29 is 36.6 Å². The maximum Gasteiger partial charge on any atom is 0.416 e. The van der Waals surface area contributed by atoms with Crippen LogP contribution in [0.5, 0.6) is 17.2 Å². The van der Waals surface area contributed by atoms with Gasteiger partial charge in [-0.05, 0) is 55.4 Å². The second-order valence-electron chi connectivity index (χ2n) is 8.45. The zero-order valence-electron chi connectivity index (χ0n) is 18.9. The lowest BCUT2D eigenvalue weighted by Gasteiger charge is -2.35. The normalized spacial score (nSPS) is 17.4. The molecule has 0 spiro atoms. The summed E-state index contributed by atoms with van der Waals surface area (Å²) in [6.45, 7) is 0.841. The van der Waals surface area contributed by atoms with Gasteiger partial charge in [0.05, 0.1) is 17.7 Å². The number of likely N-dealkylation sites (N-methyl/N-ethyl adjacent to an activating group) is 1. The molecule has 35 heavy (non-hydrogen) atoms. The zero-order valence-corrected chi connectivity index (χ0v) is 19.6. The number of halogens is 4. The summed E-state index contributed by atoms with van der Waals surface area (Å²) < 4.78 is 61.4. The number of carbonyl (C=O) groups is 1. The van der Waals surface area contributed by atoms with Gasteiger partial charge in [0.2, 0.25) is 12.5 Å². The average Bonchev–Trinajstić information content (AvgIpc) is 3.48. The molecule has 0 fully saturated rings. The molecule has 1 aromatic heterocycles. The van der Waals surface area contributed by atoms with Gasteiger partial charge in [-0.25, -0.2) is 0 Å². The molecule has 0 bridgehead atoms. The van der Waals surface area contributed by atoms with Gasteiger partial charge in [-0.1, -0.05) is 11.6 Å². The van der Waals surface area contributed by atoms with E-state index in [-0.39, 0.29) is 47.1 Å². The van der Waals surface area contributed by atoms with E-state index >= 15 is 0 Å². The van der Waals surface area contributed by atoms with E-state index in [1.165, 1.54) is 18.2 Å². The number of ether oxygens (including phenoxy) is 3. The molecule has 1 atom stereocenters. The van der Waals surface area contributed by atoms with Crippen molar-refractivity contribution in [2.75, 3.05) is 27.5 Å². The number of carbonyl (C=O) groups excluding carboxylic acids is 1. The highest BCUT2D eigenvalue weighted by Crippen LogP contribution is 2.50. The fourth-order valence-electron chi connectivity index (χ4n) is 4.58. The van der Waals surface area contributed by atoms with Crippen LogP contribution in [0.25, 0.3) is 11.3 Å². The van der Waals surface area contributed by atoms with Gasteiger partial charge in [-0.3, -0.25) is 9.69 Å². The first-order valence-electron chi connectivity index (χ1n) is 10.9. The maximum atomic E-state index is 13.2. The molecule has 0 aliphatic carbocycles. The third kappa shape index (κ3) is 4.23. The maximum absolute atomic E-state index is 13.2. The number of nitrogens with zero attached hydrogens (tertiary/aromatic N) is 1. The van der Waals surface area contributed by atoms with E-state index in [4.69, 9.17) is 30.2 Å². The first kappa shape index (κ1) is 23.6. The molecule has 0 amide bonds. The molecular weight excluding hydrogens is 487 g/mol. The van der Waals surface area contributed by atoms with E-state index in [1.807, 2.05) is 13.1 Å². The number of hydrogen-bond acceptors (Lipinski definition) is 6. The van der Waals surface area contributed by atoms with Gasteiger partial charge in [0.1, 0.15) is 5.76 Å². The highest BCUT2D eigenvalue weighted by Gasteiger charge is 2.36. The van der Waals surface area contributed by atoms with Crippen LogP contribution in [0.1, 0.15) is 39.7 Å². The number of methoxy groups -OCH3 is 1. The average molecular weight is 508 g/mol. The molecule has 2 aliphatic heterocycles. The van der Waals surface area contributed by atoms with Crippen LogP contribution in [0.15, 0.2) is 40.8 Å². The Balaban J connectivity index is 1.42. The van der Waals surface area contributed by atoms with Crippen molar-refractivity contribution in [1.82, 2.24) is 4.90 Å². The number of hydrogen-bond donors (Lipinski definition) is 0. The Morgan fingerprint density at radius 1 is 1.20 bits per heavy atom. The smallest absolute Gasteiger partial charge is 0.416 e. The van der Waals surface area contributed by atoms with Crippen LogP contribution in [0.3, 0.4) is 0 Å². The summed E-state index contributed by atoms with van der Waals surface area (Å²) in [6, 6.07) is 7.67. The lowest BCUT2D eigenvalue weighted by Crippen LogP contribution is -2.34. The van der Waals surface area contributed by atoms with Crippen LogP contribution in [-0.2, 0) is 12.6 Å². The Kier molecular flexibility index (Phi) is 5.93. The second kappa shape index (κ2) is 8.80. The number of benzene rings is 2. The first-order chi connectivity index (χ1) is 16.7. The number of ketones is 1. The van der Waals surface area contributed by atoms with E-state index < -0.39 is 11.7 Å². The Labute approximate surface area is 204 Å². The van der Waals surface area contributed by atoms with E-state index in [2.05, 4.69) is 4.90 Å². The van der Waals surface area contributed by atoms with Crippen molar-refractivity contribution in [2.24, 2.45) is 0 Å². The SMILES string of the molecule is COc1c2c(cc3c1C(CC(=O)c1ccc(-c4ccc(C(F)(F)F)cc4Cl)o1)N(C)CC3)OCO2. The van der Waals surface area contributed by atoms with Crippen LogP contribution in [0.4, 0.5) is 13.2 Å². The molecule has 1 unspecified atom stereocenters. The van der Waals surface area contributed by atoms with E-state index in [1.54, 1.807) is 7.11 Å². The summed E-state index contributed by atoms with van der Waals surface area (Å²) >= 11 is 6.08. The molecule has 3 aromatic rings. The predicted molar refractivity (Wildman–Crippen MR) is 121 cm³/mol. The second-order valence-corrected chi connectivity index (χ2v) is 8.85. The number of Topliss-reactive ketones (excluding diaryl/α,β-unsaturated/α-hetero) is 1. The van der Waals surface area contributed by atoms with E-state index in [0.29, 0.717) is 17.2 Å². The lowest BCUT2D eigenvalue weighted by molar-refractivity contribution is -0.137. The van der Waals surface area contributed by atoms with Crippen LogP contribution in [0, 0.1) is 0 Å². The fraction of sp³-hybridized carbons (Fsp3) is 0.320. The van der Waals surface area contributed by atoms with Gasteiger partial charge < -0.3 is 18.6 Å². The molecule has 3 heterocycles.